The van der Waals surface area contributed by atoms with Gasteiger partial charge in [0.1, 0.15) is 5.75 Å². The number of aliphatic hydroxyl groups excluding tert-OH is 1. The molecule has 0 aromatic heterocycles. The third kappa shape index (κ3) is 4.63. The van der Waals surface area contributed by atoms with Crippen LogP contribution in [0.3, 0.4) is 0 Å². The van der Waals surface area contributed by atoms with E-state index in [9.17, 15) is 4.79 Å². The number of β-amino-alcohol motifs (C(OH)–C–C–N with tert-alkyl or cyclic N) is 1. The summed E-state index contributed by atoms with van der Waals surface area (Å²) in [5, 5.41) is 9.07. The maximum absolute atomic E-state index is 13.2. The molecule has 0 saturated carbocycles. The highest BCUT2D eigenvalue weighted by molar-refractivity contribution is 9.10. The number of piperazine rings is 1. The lowest BCUT2D eigenvalue weighted by Gasteiger charge is -2.36. The topological polar surface area (TPSA) is 53.0 Å². The summed E-state index contributed by atoms with van der Waals surface area (Å²) < 4.78 is 6.95. The standard InChI is InChI=1S/C20H23BrN2O3/c21-17-8-4-5-9-18(17)26-19(16-6-2-1-3-7-16)20(25)23-12-10-22(11-13-23)14-15-24/h1-9,19,24H,10-15H2. The first-order valence-corrected chi connectivity index (χ1v) is 9.56. The molecule has 6 heteroatoms. The molecule has 1 unspecified atom stereocenters. The second-order valence-corrected chi connectivity index (χ2v) is 7.08. The summed E-state index contributed by atoms with van der Waals surface area (Å²) in [5.74, 6) is 0.615. The number of nitrogens with zero attached hydrogens (tertiary/aromatic N) is 2. The van der Waals surface area contributed by atoms with Gasteiger partial charge in [0.15, 0.2) is 0 Å². The van der Waals surface area contributed by atoms with Crippen LogP contribution >= 0.6 is 15.9 Å². The summed E-state index contributed by atoms with van der Waals surface area (Å²) in [4.78, 5) is 17.2. The van der Waals surface area contributed by atoms with Crippen LogP contribution in [0.2, 0.25) is 0 Å². The van der Waals surface area contributed by atoms with Crippen molar-refractivity contribution in [2.45, 2.75) is 6.10 Å². The molecule has 1 N–H and O–H groups in total. The first kappa shape index (κ1) is 18.9. The first-order valence-electron chi connectivity index (χ1n) is 8.77. The number of amides is 1. The Hall–Kier alpha value is -1.89. The van der Waals surface area contributed by atoms with Gasteiger partial charge in [-0.2, -0.15) is 0 Å². The van der Waals surface area contributed by atoms with Crippen molar-refractivity contribution < 1.29 is 14.6 Å². The molecule has 138 valence electrons. The zero-order valence-corrected chi connectivity index (χ0v) is 16.1. The lowest BCUT2D eigenvalue weighted by molar-refractivity contribution is -0.141. The van der Waals surface area contributed by atoms with Crippen LogP contribution < -0.4 is 4.74 Å². The van der Waals surface area contributed by atoms with Gasteiger partial charge in [-0.1, -0.05) is 42.5 Å². The minimum absolute atomic E-state index is 0.0319. The van der Waals surface area contributed by atoms with Gasteiger partial charge < -0.3 is 14.7 Å². The number of ether oxygens (including phenoxy) is 1. The SMILES string of the molecule is O=C(C(Oc1ccccc1Br)c1ccccc1)N1CCN(CCO)CC1. The molecule has 2 aromatic carbocycles. The number of benzene rings is 2. The van der Waals surface area contributed by atoms with E-state index < -0.39 is 6.10 Å². The number of carbonyl (C=O) groups excluding carboxylic acids is 1. The van der Waals surface area contributed by atoms with Crippen LogP contribution in [0.5, 0.6) is 5.75 Å². The Morgan fingerprint density at radius 1 is 1.04 bits per heavy atom. The fourth-order valence-corrected chi connectivity index (χ4v) is 3.43. The zero-order chi connectivity index (χ0) is 18.4. The number of hydrogen-bond donors (Lipinski definition) is 1. The molecular weight excluding hydrogens is 396 g/mol. The molecule has 1 fully saturated rings. The molecular formula is C20H23BrN2O3. The Balaban J connectivity index is 1.78. The largest absolute Gasteiger partial charge is 0.475 e. The first-order chi connectivity index (χ1) is 12.7. The maximum atomic E-state index is 13.2. The average Bonchev–Trinajstić information content (AvgIpc) is 2.68. The Morgan fingerprint density at radius 3 is 2.35 bits per heavy atom. The van der Waals surface area contributed by atoms with Crippen LogP contribution in [0.15, 0.2) is 59.1 Å². The Kier molecular flexibility index (Phi) is 6.66. The van der Waals surface area contributed by atoms with Crippen molar-refractivity contribution >= 4 is 21.8 Å². The minimum atomic E-state index is -0.681. The van der Waals surface area contributed by atoms with E-state index in [1.165, 1.54) is 0 Å². The van der Waals surface area contributed by atoms with Crippen molar-refractivity contribution in [2.75, 3.05) is 39.3 Å². The van der Waals surface area contributed by atoms with Gasteiger partial charge in [0, 0.05) is 38.3 Å². The van der Waals surface area contributed by atoms with E-state index in [-0.39, 0.29) is 12.5 Å². The summed E-state index contributed by atoms with van der Waals surface area (Å²) in [6, 6.07) is 17.1. The van der Waals surface area contributed by atoms with Gasteiger partial charge in [-0.15, -0.1) is 0 Å². The summed E-state index contributed by atoms with van der Waals surface area (Å²) in [6.45, 7) is 3.61. The molecule has 2 aromatic rings. The average molecular weight is 419 g/mol. The molecule has 1 heterocycles. The Bertz CT molecular complexity index is 718. The maximum Gasteiger partial charge on any atom is 0.268 e. The monoisotopic (exact) mass is 418 g/mol. The Morgan fingerprint density at radius 2 is 1.69 bits per heavy atom. The van der Waals surface area contributed by atoms with E-state index in [4.69, 9.17) is 9.84 Å². The van der Waals surface area contributed by atoms with Crippen molar-refractivity contribution in [1.82, 2.24) is 9.80 Å². The van der Waals surface area contributed by atoms with Gasteiger partial charge >= 0.3 is 0 Å². The number of halogens is 1. The minimum Gasteiger partial charge on any atom is -0.475 e. The second-order valence-electron chi connectivity index (χ2n) is 6.23. The fourth-order valence-electron chi connectivity index (χ4n) is 3.06. The molecule has 1 saturated heterocycles. The molecule has 0 bridgehead atoms. The van der Waals surface area contributed by atoms with Crippen LogP contribution in [-0.4, -0.2) is 60.1 Å². The lowest BCUT2D eigenvalue weighted by atomic mass is 10.1. The van der Waals surface area contributed by atoms with Gasteiger partial charge in [0.05, 0.1) is 11.1 Å². The van der Waals surface area contributed by atoms with Crippen LogP contribution in [0.25, 0.3) is 0 Å². The molecule has 26 heavy (non-hydrogen) atoms. The van der Waals surface area contributed by atoms with E-state index in [2.05, 4.69) is 20.8 Å². The lowest BCUT2D eigenvalue weighted by Crippen LogP contribution is -2.51. The van der Waals surface area contributed by atoms with Crippen molar-refractivity contribution in [3.8, 4) is 5.75 Å². The highest BCUT2D eigenvalue weighted by Gasteiger charge is 2.30. The van der Waals surface area contributed by atoms with Crippen molar-refractivity contribution in [1.29, 1.82) is 0 Å². The van der Waals surface area contributed by atoms with Crippen LogP contribution in [0.1, 0.15) is 11.7 Å². The van der Waals surface area contributed by atoms with Crippen molar-refractivity contribution in [3.05, 3.63) is 64.6 Å². The smallest absolute Gasteiger partial charge is 0.268 e. The molecule has 0 aliphatic carbocycles. The van der Waals surface area contributed by atoms with E-state index in [0.29, 0.717) is 25.4 Å². The van der Waals surface area contributed by atoms with Gasteiger partial charge in [-0.05, 0) is 28.1 Å². The molecule has 0 radical (unpaired) electrons. The summed E-state index contributed by atoms with van der Waals surface area (Å²) in [7, 11) is 0. The molecule has 1 aliphatic heterocycles. The third-order valence-electron chi connectivity index (χ3n) is 4.51. The van der Waals surface area contributed by atoms with Crippen LogP contribution in [0, 0.1) is 0 Å². The van der Waals surface area contributed by atoms with E-state index in [1.807, 2.05) is 59.5 Å². The predicted octanol–water partition coefficient (Wildman–Crippen LogP) is 2.71. The van der Waals surface area contributed by atoms with Gasteiger partial charge in [-0.3, -0.25) is 9.69 Å². The quantitative estimate of drug-likeness (QED) is 0.783. The highest BCUT2D eigenvalue weighted by atomic mass is 79.9. The van der Waals surface area contributed by atoms with E-state index in [1.54, 1.807) is 0 Å². The van der Waals surface area contributed by atoms with Gasteiger partial charge in [-0.25, -0.2) is 0 Å². The van der Waals surface area contributed by atoms with Crippen molar-refractivity contribution in [3.63, 3.8) is 0 Å². The summed E-state index contributed by atoms with van der Waals surface area (Å²) in [6.07, 6.45) is -0.681. The third-order valence-corrected chi connectivity index (χ3v) is 5.16. The number of carbonyl (C=O) groups is 1. The molecule has 1 amide bonds. The van der Waals surface area contributed by atoms with Crippen molar-refractivity contribution in [2.24, 2.45) is 0 Å². The summed E-state index contributed by atoms with van der Waals surface area (Å²) >= 11 is 3.49. The van der Waals surface area contributed by atoms with Crippen LogP contribution in [0.4, 0.5) is 0 Å². The summed E-state index contributed by atoms with van der Waals surface area (Å²) in [5.41, 5.74) is 0.839. The predicted molar refractivity (Wildman–Crippen MR) is 104 cm³/mol. The molecule has 1 aliphatic rings. The normalized spacial score (nSPS) is 16.3. The number of para-hydroxylation sites is 1. The zero-order valence-electron chi connectivity index (χ0n) is 14.6. The van der Waals surface area contributed by atoms with E-state index in [0.717, 1.165) is 23.1 Å². The fraction of sp³-hybridized carbons (Fsp3) is 0.350. The van der Waals surface area contributed by atoms with Crippen LogP contribution in [-0.2, 0) is 4.79 Å². The molecule has 5 nitrogen and oxygen atoms in total. The molecule has 1 atom stereocenters. The highest BCUT2D eigenvalue weighted by Crippen LogP contribution is 2.30. The second kappa shape index (κ2) is 9.16. The number of rotatable bonds is 6. The number of hydrogen-bond acceptors (Lipinski definition) is 4. The Labute approximate surface area is 162 Å². The van der Waals surface area contributed by atoms with E-state index >= 15 is 0 Å². The van der Waals surface area contributed by atoms with Gasteiger partial charge in [0.2, 0.25) is 6.10 Å². The molecule has 0 spiro atoms. The van der Waals surface area contributed by atoms with Gasteiger partial charge in [0.25, 0.3) is 5.91 Å². The number of aliphatic hydroxyl groups is 1. The molecule has 3 rings (SSSR count).